The average molecular weight is 199 g/mol. The van der Waals surface area contributed by atoms with E-state index >= 15 is 0 Å². The maximum Gasteiger partial charge on any atom is 0.236 e. The number of primary amides is 1. The maximum atomic E-state index is 11.2. The van der Waals surface area contributed by atoms with Crippen molar-refractivity contribution in [2.75, 3.05) is 26.2 Å². The Bertz CT molecular complexity index is 210. The highest BCUT2D eigenvalue weighted by atomic mass is 16.1. The van der Waals surface area contributed by atoms with Gasteiger partial charge >= 0.3 is 0 Å². The molecule has 1 amide bonds. The monoisotopic (exact) mass is 199 g/mol. The third kappa shape index (κ3) is 3.27. The van der Waals surface area contributed by atoms with Crippen molar-refractivity contribution < 1.29 is 4.79 Å². The minimum Gasteiger partial charge on any atom is -0.368 e. The van der Waals surface area contributed by atoms with Crippen LogP contribution in [0.3, 0.4) is 0 Å². The molecule has 0 spiro atoms. The largest absolute Gasteiger partial charge is 0.368 e. The van der Waals surface area contributed by atoms with Gasteiger partial charge in [-0.05, 0) is 5.41 Å². The molecule has 4 nitrogen and oxygen atoms in total. The van der Waals surface area contributed by atoms with Crippen LogP contribution in [-0.2, 0) is 4.79 Å². The van der Waals surface area contributed by atoms with Crippen molar-refractivity contribution in [3.05, 3.63) is 0 Å². The predicted octanol–water partition coefficient (Wildman–Crippen LogP) is -0.208. The van der Waals surface area contributed by atoms with Crippen molar-refractivity contribution >= 4 is 5.91 Å². The zero-order chi connectivity index (χ0) is 10.8. The van der Waals surface area contributed by atoms with E-state index in [9.17, 15) is 4.79 Å². The summed E-state index contributed by atoms with van der Waals surface area (Å²) < 4.78 is 0. The van der Waals surface area contributed by atoms with Gasteiger partial charge in [-0.2, -0.15) is 0 Å². The second-order valence-electron chi connectivity index (χ2n) is 5.15. The first-order chi connectivity index (χ1) is 6.40. The summed E-state index contributed by atoms with van der Waals surface area (Å²) in [5.74, 6) is -0.221. The fourth-order valence-electron chi connectivity index (χ4n) is 1.83. The lowest BCUT2D eigenvalue weighted by Gasteiger charge is -2.38. The number of hydrogen-bond donors (Lipinski definition) is 2. The Morgan fingerprint density at radius 1 is 1.57 bits per heavy atom. The molecule has 4 heteroatoms. The Labute approximate surface area is 85.8 Å². The van der Waals surface area contributed by atoms with Crippen molar-refractivity contribution in [2.45, 2.75) is 26.8 Å². The number of nitrogens with one attached hydrogen (secondary N) is 1. The van der Waals surface area contributed by atoms with Crippen LogP contribution in [0, 0.1) is 5.41 Å². The normalized spacial score (nSPS) is 24.9. The Kier molecular flexibility index (Phi) is 3.50. The van der Waals surface area contributed by atoms with Gasteiger partial charge in [-0.1, -0.05) is 20.8 Å². The molecule has 0 aromatic heterocycles. The molecule has 1 unspecified atom stereocenters. The molecule has 82 valence electrons. The van der Waals surface area contributed by atoms with Crippen LogP contribution in [-0.4, -0.2) is 43.0 Å². The van der Waals surface area contributed by atoms with Crippen LogP contribution >= 0.6 is 0 Å². The first kappa shape index (κ1) is 11.5. The van der Waals surface area contributed by atoms with Gasteiger partial charge in [0.15, 0.2) is 0 Å². The van der Waals surface area contributed by atoms with Crippen molar-refractivity contribution in [1.29, 1.82) is 0 Å². The summed E-state index contributed by atoms with van der Waals surface area (Å²) in [4.78, 5) is 13.4. The van der Waals surface area contributed by atoms with E-state index in [-0.39, 0.29) is 17.4 Å². The lowest BCUT2D eigenvalue weighted by atomic mass is 9.94. The van der Waals surface area contributed by atoms with E-state index in [0.717, 1.165) is 19.6 Å². The Morgan fingerprint density at radius 2 is 2.21 bits per heavy atom. The molecule has 14 heavy (non-hydrogen) atoms. The van der Waals surface area contributed by atoms with Crippen LogP contribution < -0.4 is 11.1 Å². The molecule has 1 aliphatic heterocycles. The van der Waals surface area contributed by atoms with Gasteiger partial charge in [0.2, 0.25) is 5.91 Å². The van der Waals surface area contributed by atoms with Gasteiger partial charge in [-0.15, -0.1) is 0 Å². The van der Waals surface area contributed by atoms with Crippen LogP contribution in [0.4, 0.5) is 0 Å². The number of nitrogens with zero attached hydrogens (tertiary/aromatic N) is 1. The molecule has 1 rings (SSSR count). The first-order valence-corrected chi connectivity index (χ1v) is 5.14. The zero-order valence-electron chi connectivity index (χ0n) is 9.34. The number of carbonyl (C=O) groups is 1. The van der Waals surface area contributed by atoms with Crippen LogP contribution in [0.25, 0.3) is 0 Å². The fourth-order valence-corrected chi connectivity index (χ4v) is 1.83. The fraction of sp³-hybridized carbons (Fsp3) is 0.900. The number of carbonyl (C=O) groups excluding carboxylic acids is 1. The highest BCUT2D eigenvalue weighted by molar-refractivity contribution is 5.80. The smallest absolute Gasteiger partial charge is 0.236 e. The number of hydrogen-bond acceptors (Lipinski definition) is 3. The lowest BCUT2D eigenvalue weighted by molar-refractivity contribution is -0.124. The van der Waals surface area contributed by atoms with E-state index in [1.165, 1.54) is 0 Å². The maximum absolute atomic E-state index is 11.2. The molecule has 0 bridgehead atoms. The van der Waals surface area contributed by atoms with Crippen molar-refractivity contribution in [1.82, 2.24) is 10.2 Å². The molecule has 0 aromatic rings. The minimum absolute atomic E-state index is 0.136. The SMILES string of the molecule is CC(C)(C)CN1CCNCC1C(N)=O. The minimum atomic E-state index is -0.221. The standard InChI is InChI=1S/C10H21N3O/c1-10(2,3)7-13-5-4-12-6-8(13)9(11)14/h8,12H,4-7H2,1-3H3,(H2,11,14). The summed E-state index contributed by atoms with van der Waals surface area (Å²) >= 11 is 0. The van der Waals surface area contributed by atoms with Gasteiger partial charge in [0.1, 0.15) is 6.04 Å². The summed E-state index contributed by atoms with van der Waals surface area (Å²) in [6, 6.07) is -0.136. The number of piperazine rings is 1. The van der Waals surface area contributed by atoms with Gasteiger partial charge in [0.25, 0.3) is 0 Å². The predicted molar refractivity (Wildman–Crippen MR) is 56.9 cm³/mol. The van der Waals surface area contributed by atoms with Gasteiger partial charge in [0.05, 0.1) is 0 Å². The van der Waals surface area contributed by atoms with E-state index < -0.39 is 0 Å². The lowest BCUT2D eigenvalue weighted by Crippen LogP contribution is -2.58. The molecule has 0 radical (unpaired) electrons. The Balaban J connectivity index is 2.59. The van der Waals surface area contributed by atoms with Crippen LogP contribution in [0.5, 0.6) is 0 Å². The molecule has 0 aromatic carbocycles. The molecule has 1 aliphatic rings. The summed E-state index contributed by atoms with van der Waals surface area (Å²) in [5.41, 5.74) is 5.57. The second kappa shape index (κ2) is 4.28. The van der Waals surface area contributed by atoms with Crippen molar-refractivity contribution in [3.63, 3.8) is 0 Å². The number of nitrogens with two attached hydrogens (primary N) is 1. The van der Waals surface area contributed by atoms with Gasteiger partial charge in [-0.3, -0.25) is 9.69 Å². The molecule has 1 atom stereocenters. The highest BCUT2D eigenvalue weighted by Crippen LogP contribution is 2.17. The van der Waals surface area contributed by atoms with E-state index in [2.05, 4.69) is 31.0 Å². The molecule has 0 aliphatic carbocycles. The quantitative estimate of drug-likeness (QED) is 0.647. The molecule has 1 heterocycles. The molecule has 1 fully saturated rings. The summed E-state index contributed by atoms with van der Waals surface area (Å²) in [6.45, 7) is 9.98. The average Bonchev–Trinajstić information content (AvgIpc) is 2.01. The van der Waals surface area contributed by atoms with E-state index in [1.54, 1.807) is 0 Å². The van der Waals surface area contributed by atoms with Crippen LogP contribution in [0.15, 0.2) is 0 Å². The molecule has 3 N–H and O–H groups in total. The topological polar surface area (TPSA) is 58.4 Å². The number of amides is 1. The van der Waals surface area contributed by atoms with Crippen LogP contribution in [0.2, 0.25) is 0 Å². The third-order valence-electron chi connectivity index (χ3n) is 2.36. The zero-order valence-corrected chi connectivity index (χ0v) is 9.34. The van der Waals surface area contributed by atoms with Gasteiger partial charge in [0, 0.05) is 26.2 Å². The van der Waals surface area contributed by atoms with E-state index in [4.69, 9.17) is 5.73 Å². The van der Waals surface area contributed by atoms with E-state index in [1.807, 2.05) is 0 Å². The van der Waals surface area contributed by atoms with Gasteiger partial charge in [-0.25, -0.2) is 0 Å². The summed E-state index contributed by atoms with van der Waals surface area (Å²) in [5, 5.41) is 3.19. The molecule has 1 saturated heterocycles. The number of rotatable bonds is 2. The third-order valence-corrected chi connectivity index (χ3v) is 2.36. The Hall–Kier alpha value is -0.610. The molecule has 0 saturated carbocycles. The van der Waals surface area contributed by atoms with Crippen LogP contribution in [0.1, 0.15) is 20.8 Å². The highest BCUT2D eigenvalue weighted by Gasteiger charge is 2.29. The summed E-state index contributed by atoms with van der Waals surface area (Å²) in [6.07, 6.45) is 0. The van der Waals surface area contributed by atoms with Gasteiger partial charge < -0.3 is 11.1 Å². The molecular weight excluding hydrogens is 178 g/mol. The first-order valence-electron chi connectivity index (χ1n) is 5.14. The summed E-state index contributed by atoms with van der Waals surface area (Å²) in [7, 11) is 0. The second-order valence-corrected chi connectivity index (χ2v) is 5.15. The Morgan fingerprint density at radius 3 is 2.71 bits per heavy atom. The van der Waals surface area contributed by atoms with Crippen molar-refractivity contribution in [2.24, 2.45) is 11.1 Å². The van der Waals surface area contributed by atoms with Crippen molar-refractivity contribution in [3.8, 4) is 0 Å². The van der Waals surface area contributed by atoms with E-state index in [0.29, 0.717) is 6.54 Å². The molecular formula is C10H21N3O.